The van der Waals surface area contributed by atoms with Gasteiger partial charge in [0.1, 0.15) is 0 Å². The van der Waals surface area contributed by atoms with Crippen LogP contribution >= 0.6 is 0 Å². The maximum absolute atomic E-state index is 12.2. The fraction of sp³-hybridized carbons (Fsp3) is 0.923. The second-order valence-corrected chi connectivity index (χ2v) is 5.68. The molecular weight excluding hydrogens is 200 g/mol. The largest absolute Gasteiger partial charge is 0.340 e. The molecule has 3 nitrogen and oxygen atoms in total. The summed E-state index contributed by atoms with van der Waals surface area (Å²) in [5, 5.41) is 0. The minimum Gasteiger partial charge on any atom is -0.340 e. The lowest BCUT2D eigenvalue weighted by Crippen LogP contribution is -2.51. The van der Waals surface area contributed by atoms with Crippen molar-refractivity contribution >= 4 is 5.91 Å². The van der Waals surface area contributed by atoms with Gasteiger partial charge in [0.2, 0.25) is 5.91 Å². The minimum atomic E-state index is -0.164. The third kappa shape index (κ3) is 2.57. The molecule has 2 rings (SSSR count). The molecule has 1 unspecified atom stereocenters. The van der Waals surface area contributed by atoms with Crippen LogP contribution < -0.4 is 5.73 Å². The number of nitrogens with zero attached hydrogens (tertiary/aromatic N) is 1. The molecule has 0 radical (unpaired) electrons. The van der Waals surface area contributed by atoms with E-state index in [4.69, 9.17) is 5.73 Å². The van der Waals surface area contributed by atoms with Crippen LogP contribution in [0.1, 0.15) is 58.3 Å². The molecule has 16 heavy (non-hydrogen) atoms. The van der Waals surface area contributed by atoms with Gasteiger partial charge in [0, 0.05) is 24.5 Å². The summed E-state index contributed by atoms with van der Waals surface area (Å²) < 4.78 is 0. The molecule has 1 amide bonds. The van der Waals surface area contributed by atoms with Crippen LogP contribution in [0.15, 0.2) is 0 Å². The molecule has 2 N–H and O–H groups in total. The van der Waals surface area contributed by atoms with Gasteiger partial charge in [-0.2, -0.15) is 0 Å². The number of carbonyl (C=O) groups is 1. The zero-order valence-electron chi connectivity index (χ0n) is 10.4. The highest BCUT2D eigenvalue weighted by molar-refractivity contribution is 5.78. The molecule has 2 aliphatic rings. The summed E-state index contributed by atoms with van der Waals surface area (Å²) in [5.74, 6) is 0.289. The first kappa shape index (κ1) is 11.9. The van der Waals surface area contributed by atoms with Crippen LogP contribution in [0.4, 0.5) is 0 Å². The first-order valence-corrected chi connectivity index (χ1v) is 6.69. The summed E-state index contributed by atoms with van der Waals surface area (Å²) in [7, 11) is 0. The lowest BCUT2D eigenvalue weighted by atomic mass is 9.75. The lowest BCUT2D eigenvalue weighted by molar-refractivity contribution is -0.135. The number of hydrogen-bond acceptors (Lipinski definition) is 2. The Morgan fingerprint density at radius 2 is 2.06 bits per heavy atom. The molecule has 1 aliphatic carbocycles. The van der Waals surface area contributed by atoms with Crippen molar-refractivity contribution in [1.82, 2.24) is 4.90 Å². The van der Waals surface area contributed by atoms with E-state index in [-0.39, 0.29) is 11.4 Å². The van der Waals surface area contributed by atoms with E-state index in [1.807, 2.05) is 0 Å². The van der Waals surface area contributed by atoms with E-state index in [0.717, 1.165) is 32.2 Å². The zero-order chi connectivity index (χ0) is 11.6. The summed E-state index contributed by atoms with van der Waals surface area (Å²) in [6.45, 7) is 3.11. The SMILES string of the molecule is CC1CCCCCN1C(=O)CC1(N)CCC1. The fourth-order valence-corrected chi connectivity index (χ4v) is 2.86. The third-order valence-electron chi connectivity index (χ3n) is 4.23. The average Bonchev–Trinajstić information content (AvgIpc) is 2.40. The van der Waals surface area contributed by atoms with E-state index in [1.165, 1.54) is 19.3 Å². The number of hydrogen-bond donors (Lipinski definition) is 1. The van der Waals surface area contributed by atoms with Gasteiger partial charge in [-0.15, -0.1) is 0 Å². The van der Waals surface area contributed by atoms with Gasteiger partial charge in [0.05, 0.1) is 0 Å². The van der Waals surface area contributed by atoms with Gasteiger partial charge in [-0.25, -0.2) is 0 Å². The van der Waals surface area contributed by atoms with Crippen molar-refractivity contribution < 1.29 is 4.79 Å². The Labute approximate surface area is 98.4 Å². The molecule has 2 fully saturated rings. The zero-order valence-corrected chi connectivity index (χ0v) is 10.4. The summed E-state index contributed by atoms with van der Waals surface area (Å²) in [5.41, 5.74) is 5.98. The van der Waals surface area contributed by atoms with Crippen molar-refractivity contribution in [3.05, 3.63) is 0 Å². The topological polar surface area (TPSA) is 46.3 Å². The van der Waals surface area contributed by atoms with Crippen molar-refractivity contribution in [2.45, 2.75) is 69.9 Å². The van der Waals surface area contributed by atoms with E-state index >= 15 is 0 Å². The highest BCUT2D eigenvalue weighted by Crippen LogP contribution is 2.33. The van der Waals surface area contributed by atoms with Crippen LogP contribution in [0.5, 0.6) is 0 Å². The monoisotopic (exact) mass is 224 g/mol. The maximum Gasteiger partial charge on any atom is 0.224 e. The molecule has 0 spiro atoms. The fourth-order valence-electron chi connectivity index (χ4n) is 2.86. The molecule has 0 bridgehead atoms. The maximum atomic E-state index is 12.2. The highest BCUT2D eigenvalue weighted by Gasteiger charge is 2.36. The molecule has 92 valence electrons. The molecule has 1 saturated heterocycles. The number of carbonyl (C=O) groups excluding carboxylic acids is 1. The van der Waals surface area contributed by atoms with E-state index < -0.39 is 0 Å². The average molecular weight is 224 g/mol. The second-order valence-electron chi connectivity index (χ2n) is 5.68. The molecule has 1 atom stereocenters. The van der Waals surface area contributed by atoms with Crippen molar-refractivity contribution in [3.8, 4) is 0 Å². The van der Waals surface area contributed by atoms with E-state index in [9.17, 15) is 4.79 Å². The third-order valence-corrected chi connectivity index (χ3v) is 4.23. The lowest BCUT2D eigenvalue weighted by Gasteiger charge is -2.39. The molecule has 1 saturated carbocycles. The summed E-state index contributed by atoms with van der Waals surface area (Å²) in [6.07, 6.45) is 8.66. The Morgan fingerprint density at radius 1 is 1.31 bits per heavy atom. The van der Waals surface area contributed by atoms with E-state index in [0.29, 0.717) is 12.5 Å². The smallest absolute Gasteiger partial charge is 0.224 e. The van der Waals surface area contributed by atoms with Gasteiger partial charge in [-0.1, -0.05) is 12.8 Å². The van der Waals surface area contributed by atoms with Gasteiger partial charge in [-0.05, 0) is 39.0 Å². The standard InChI is InChI=1S/C13H24N2O/c1-11-6-3-2-4-9-15(11)12(16)10-13(14)7-5-8-13/h11H,2-10,14H2,1H3. The predicted octanol–water partition coefficient (Wildman–Crippen LogP) is 2.05. The van der Waals surface area contributed by atoms with Crippen molar-refractivity contribution in [1.29, 1.82) is 0 Å². The van der Waals surface area contributed by atoms with Crippen LogP contribution in [-0.2, 0) is 4.79 Å². The quantitative estimate of drug-likeness (QED) is 0.780. The summed E-state index contributed by atoms with van der Waals surface area (Å²) in [4.78, 5) is 14.3. The Morgan fingerprint density at radius 3 is 2.69 bits per heavy atom. The van der Waals surface area contributed by atoms with Gasteiger partial charge < -0.3 is 10.6 Å². The number of likely N-dealkylation sites (tertiary alicyclic amines) is 1. The van der Waals surface area contributed by atoms with Crippen LogP contribution in [0.25, 0.3) is 0 Å². The Kier molecular flexibility index (Phi) is 3.53. The normalized spacial score (nSPS) is 29.4. The van der Waals surface area contributed by atoms with Crippen molar-refractivity contribution in [2.75, 3.05) is 6.54 Å². The second kappa shape index (κ2) is 4.74. The van der Waals surface area contributed by atoms with E-state index in [2.05, 4.69) is 11.8 Å². The van der Waals surface area contributed by atoms with Gasteiger partial charge in [-0.3, -0.25) is 4.79 Å². The van der Waals surface area contributed by atoms with E-state index in [1.54, 1.807) is 0 Å². The number of nitrogens with two attached hydrogens (primary N) is 1. The van der Waals surface area contributed by atoms with Crippen LogP contribution in [-0.4, -0.2) is 28.9 Å². The number of rotatable bonds is 2. The first-order chi connectivity index (χ1) is 7.61. The van der Waals surface area contributed by atoms with Gasteiger partial charge in [0.25, 0.3) is 0 Å². The number of amides is 1. The van der Waals surface area contributed by atoms with Crippen LogP contribution in [0.3, 0.4) is 0 Å². The molecule has 1 aliphatic heterocycles. The molecule has 0 aromatic rings. The Bertz CT molecular complexity index is 261. The molecular formula is C13H24N2O. The summed E-state index contributed by atoms with van der Waals surface area (Å²) >= 11 is 0. The van der Waals surface area contributed by atoms with Crippen LogP contribution in [0.2, 0.25) is 0 Å². The molecule has 1 heterocycles. The van der Waals surface area contributed by atoms with Gasteiger partial charge >= 0.3 is 0 Å². The Hall–Kier alpha value is -0.570. The van der Waals surface area contributed by atoms with Crippen LogP contribution in [0, 0.1) is 0 Å². The van der Waals surface area contributed by atoms with Gasteiger partial charge in [0.15, 0.2) is 0 Å². The Balaban J connectivity index is 1.91. The molecule has 3 heteroatoms. The highest BCUT2D eigenvalue weighted by atomic mass is 16.2. The predicted molar refractivity (Wildman–Crippen MR) is 65.0 cm³/mol. The summed E-state index contributed by atoms with van der Waals surface area (Å²) in [6, 6.07) is 0.415. The molecule has 0 aromatic carbocycles. The van der Waals surface area contributed by atoms with Crippen molar-refractivity contribution in [3.63, 3.8) is 0 Å². The van der Waals surface area contributed by atoms with Crippen molar-refractivity contribution in [2.24, 2.45) is 5.73 Å². The minimum absolute atomic E-state index is 0.164. The molecule has 0 aromatic heterocycles. The first-order valence-electron chi connectivity index (χ1n) is 6.69.